The zero-order chi connectivity index (χ0) is 18.2. The molecule has 3 aliphatic rings. The number of urea groups is 1. The molecule has 26 heavy (non-hydrogen) atoms. The molecule has 0 atom stereocenters. The van der Waals surface area contributed by atoms with Crippen molar-refractivity contribution in [2.75, 3.05) is 6.54 Å². The van der Waals surface area contributed by atoms with Crippen LogP contribution in [-0.2, 0) is 5.54 Å². The van der Waals surface area contributed by atoms with E-state index >= 15 is 0 Å². The third-order valence-electron chi connectivity index (χ3n) is 6.41. The Bertz CT molecular complexity index is 702. The molecule has 0 bridgehead atoms. The number of carbonyl (C=O) groups is 2. The van der Waals surface area contributed by atoms with Gasteiger partial charge in [0.05, 0.1) is 16.8 Å². The molecule has 2 spiro atoms. The van der Waals surface area contributed by atoms with Crippen LogP contribution >= 0.6 is 0 Å². The zero-order valence-electron chi connectivity index (χ0n) is 15.4. The van der Waals surface area contributed by atoms with Crippen molar-refractivity contribution in [2.45, 2.75) is 69.9 Å². The highest BCUT2D eigenvalue weighted by molar-refractivity contribution is 5.99. The number of pyridine rings is 1. The monoisotopic (exact) mass is 356 g/mol. The van der Waals surface area contributed by atoms with E-state index in [-0.39, 0.29) is 23.5 Å². The Morgan fingerprint density at radius 1 is 1.35 bits per heavy atom. The molecule has 0 unspecified atom stereocenters. The predicted octanol–water partition coefficient (Wildman–Crippen LogP) is 2.84. The van der Waals surface area contributed by atoms with Crippen molar-refractivity contribution in [1.82, 2.24) is 20.9 Å². The van der Waals surface area contributed by atoms with Gasteiger partial charge >= 0.3 is 6.03 Å². The number of nitrogens with zero attached hydrogens (tertiary/aromatic N) is 1. The van der Waals surface area contributed by atoms with Gasteiger partial charge in [-0.15, -0.1) is 0 Å². The summed E-state index contributed by atoms with van der Waals surface area (Å²) in [6.45, 7) is 2.86. The van der Waals surface area contributed by atoms with Gasteiger partial charge < -0.3 is 16.0 Å². The van der Waals surface area contributed by atoms with Crippen molar-refractivity contribution >= 4 is 11.9 Å². The van der Waals surface area contributed by atoms with Crippen molar-refractivity contribution in [3.05, 3.63) is 29.6 Å². The molecule has 0 radical (unpaired) electrons. The van der Waals surface area contributed by atoms with Crippen LogP contribution in [0.5, 0.6) is 0 Å². The number of fused-ring (bicyclic) bond motifs is 2. The average Bonchev–Trinajstić information content (AvgIpc) is 2.90. The topological polar surface area (TPSA) is 83.1 Å². The van der Waals surface area contributed by atoms with Crippen molar-refractivity contribution in [3.8, 4) is 0 Å². The van der Waals surface area contributed by atoms with Crippen molar-refractivity contribution < 1.29 is 9.59 Å². The third-order valence-corrected chi connectivity index (χ3v) is 6.41. The SMILES string of the molecule is CCCCNC(=O)NC1CCC2(CC1)CC1(C2)NC(=O)c2cccnc21. The summed E-state index contributed by atoms with van der Waals surface area (Å²) in [7, 11) is 0. The molecule has 4 rings (SSSR count). The van der Waals surface area contributed by atoms with Gasteiger partial charge in [-0.05, 0) is 62.5 Å². The van der Waals surface area contributed by atoms with Crippen LogP contribution in [0, 0.1) is 5.41 Å². The van der Waals surface area contributed by atoms with E-state index in [0.29, 0.717) is 5.41 Å². The first-order valence-electron chi connectivity index (χ1n) is 9.88. The Morgan fingerprint density at radius 3 is 2.85 bits per heavy atom. The fraction of sp³-hybridized carbons (Fsp3) is 0.650. The maximum absolute atomic E-state index is 12.2. The summed E-state index contributed by atoms with van der Waals surface area (Å²) in [6.07, 6.45) is 10.1. The van der Waals surface area contributed by atoms with E-state index in [9.17, 15) is 9.59 Å². The smallest absolute Gasteiger partial charge is 0.315 e. The summed E-state index contributed by atoms with van der Waals surface area (Å²) < 4.78 is 0. The molecular formula is C20H28N4O2. The largest absolute Gasteiger partial charge is 0.341 e. The number of hydrogen-bond donors (Lipinski definition) is 3. The Balaban J connectivity index is 1.30. The lowest BCUT2D eigenvalue weighted by molar-refractivity contribution is -0.0309. The van der Waals surface area contributed by atoms with Gasteiger partial charge in [0.2, 0.25) is 0 Å². The maximum atomic E-state index is 12.2. The van der Waals surface area contributed by atoms with Crippen LogP contribution in [0.2, 0.25) is 0 Å². The number of hydrogen-bond acceptors (Lipinski definition) is 3. The van der Waals surface area contributed by atoms with Gasteiger partial charge in [-0.2, -0.15) is 0 Å². The Morgan fingerprint density at radius 2 is 2.12 bits per heavy atom. The fourth-order valence-electron chi connectivity index (χ4n) is 5.14. The molecule has 1 aliphatic heterocycles. The highest BCUT2D eigenvalue weighted by atomic mass is 16.2. The van der Waals surface area contributed by atoms with Gasteiger partial charge in [0.15, 0.2) is 0 Å². The number of rotatable bonds is 4. The van der Waals surface area contributed by atoms with Gasteiger partial charge in [-0.3, -0.25) is 9.78 Å². The summed E-state index contributed by atoms with van der Waals surface area (Å²) in [6, 6.07) is 3.93. The highest BCUT2D eigenvalue weighted by Gasteiger charge is 2.60. The summed E-state index contributed by atoms with van der Waals surface area (Å²) in [5.74, 6) is 0.0158. The first kappa shape index (κ1) is 17.3. The minimum absolute atomic E-state index is 0.0158. The standard InChI is InChI=1S/C20H28N4O2/c1-2-3-10-22-18(26)23-14-6-8-19(9-7-14)12-20(13-19)16-15(17(25)24-20)5-4-11-21-16/h4-5,11,14H,2-3,6-10,12-13H2,1H3,(H,24,25)(H2,22,23,26). The van der Waals surface area contributed by atoms with E-state index in [1.165, 1.54) is 0 Å². The van der Waals surface area contributed by atoms with Crippen molar-refractivity contribution in [3.63, 3.8) is 0 Å². The minimum Gasteiger partial charge on any atom is -0.341 e. The van der Waals surface area contributed by atoms with E-state index in [0.717, 1.165) is 69.2 Å². The molecular weight excluding hydrogens is 328 g/mol. The van der Waals surface area contributed by atoms with E-state index in [2.05, 4.69) is 27.9 Å². The summed E-state index contributed by atoms with van der Waals surface area (Å²) in [5.41, 5.74) is 1.72. The lowest BCUT2D eigenvalue weighted by Crippen LogP contribution is -2.58. The molecule has 1 aromatic rings. The quantitative estimate of drug-likeness (QED) is 0.726. The number of nitrogens with one attached hydrogen (secondary N) is 3. The second-order valence-corrected chi connectivity index (χ2v) is 8.32. The van der Waals surface area contributed by atoms with Crippen LogP contribution in [0.4, 0.5) is 4.79 Å². The molecule has 6 nitrogen and oxygen atoms in total. The van der Waals surface area contributed by atoms with Crippen LogP contribution < -0.4 is 16.0 Å². The first-order chi connectivity index (χ1) is 12.6. The summed E-state index contributed by atoms with van der Waals surface area (Å²) >= 11 is 0. The summed E-state index contributed by atoms with van der Waals surface area (Å²) in [5, 5.41) is 9.24. The van der Waals surface area contributed by atoms with Crippen LogP contribution in [0.15, 0.2) is 18.3 Å². The lowest BCUT2D eigenvalue weighted by atomic mass is 9.51. The van der Waals surface area contributed by atoms with Gasteiger partial charge in [0.25, 0.3) is 5.91 Å². The van der Waals surface area contributed by atoms with Crippen LogP contribution in [0.1, 0.15) is 74.3 Å². The fourth-order valence-corrected chi connectivity index (χ4v) is 5.14. The number of unbranched alkanes of at least 4 members (excludes halogenated alkanes) is 1. The van der Waals surface area contributed by atoms with Gasteiger partial charge in [0, 0.05) is 18.8 Å². The number of aromatic nitrogens is 1. The van der Waals surface area contributed by atoms with Crippen molar-refractivity contribution in [1.29, 1.82) is 0 Å². The molecule has 0 aromatic carbocycles. The van der Waals surface area contributed by atoms with Crippen LogP contribution in [0.3, 0.4) is 0 Å². The van der Waals surface area contributed by atoms with E-state index in [4.69, 9.17) is 0 Å². The third kappa shape index (κ3) is 2.95. The molecule has 6 heteroatoms. The minimum atomic E-state index is -0.245. The van der Waals surface area contributed by atoms with Gasteiger partial charge in [-0.25, -0.2) is 4.79 Å². The number of carbonyl (C=O) groups excluding carboxylic acids is 2. The van der Waals surface area contributed by atoms with Crippen molar-refractivity contribution in [2.24, 2.45) is 5.41 Å². The van der Waals surface area contributed by atoms with Crippen LogP contribution in [-0.4, -0.2) is 29.5 Å². The average molecular weight is 356 g/mol. The molecule has 3 N–H and O–H groups in total. The highest BCUT2D eigenvalue weighted by Crippen LogP contribution is 2.61. The molecule has 2 saturated carbocycles. The second kappa shape index (κ2) is 6.56. The molecule has 2 fully saturated rings. The maximum Gasteiger partial charge on any atom is 0.315 e. The second-order valence-electron chi connectivity index (χ2n) is 8.32. The van der Waals surface area contributed by atoms with E-state index < -0.39 is 0 Å². The Kier molecular flexibility index (Phi) is 4.37. The van der Waals surface area contributed by atoms with Crippen LogP contribution in [0.25, 0.3) is 0 Å². The molecule has 0 saturated heterocycles. The van der Waals surface area contributed by atoms with Gasteiger partial charge in [0.1, 0.15) is 0 Å². The molecule has 2 heterocycles. The normalized spacial score (nSPS) is 32.0. The molecule has 1 aromatic heterocycles. The van der Waals surface area contributed by atoms with Gasteiger partial charge in [-0.1, -0.05) is 13.3 Å². The lowest BCUT2D eigenvalue weighted by Gasteiger charge is -2.57. The first-order valence-corrected chi connectivity index (χ1v) is 9.88. The molecule has 2 aliphatic carbocycles. The number of amides is 3. The Labute approximate surface area is 154 Å². The molecule has 3 amide bonds. The van der Waals surface area contributed by atoms with E-state index in [1.807, 2.05) is 12.1 Å². The van der Waals surface area contributed by atoms with E-state index in [1.54, 1.807) is 6.20 Å². The molecule has 140 valence electrons. The zero-order valence-corrected chi connectivity index (χ0v) is 15.4. The predicted molar refractivity (Wildman–Crippen MR) is 98.7 cm³/mol. The Hall–Kier alpha value is -2.11. The summed E-state index contributed by atoms with van der Waals surface area (Å²) in [4.78, 5) is 28.7.